The molecule has 0 aliphatic carbocycles. The Kier molecular flexibility index (Phi) is 3.22. The minimum atomic E-state index is -0.684. The highest BCUT2D eigenvalue weighted by atomic mass is 16.7. The topological polar surface area (TPSA) is 48.1 Å². The molecule has 0 radical (unpaired) electrons. The van der Waals surface area contributed by atoms with E-state index in [0.29, 0.717) is 19.6 Å². The molecule has 2 aliphatic rings. The van der Waals surface area contributed by atoms with E-state index >= 15 is 0 Å². The summed E-state index contributed by atoms with van der Waals surface area (Å²) in [6.45, 7) is 5.68. The van der Waals surface area contributed by atoms with Gasteiger partial charge in [-0.2, -0.15) is 0 Å². The van der Waals surface area contributed by atoms with Crippen LogP contribution in [-0.4, -0.2) is 37.0 Å². The first kappa shape index (κ1) is 11.9. The predicted molar refractivity (Wildman–Crippen MR) is 58.1 cm³/mol. The van der Waals surface area contributed by atoms with Gasteiger partial charge in [-0.3, -0.25) is 0 Å². The lowest BCUT2D eigenvalue weighted by molar-refractivity contribution is -0.149. The highest BCUT2D eigenvalue weighted by molar-refractivity contribution is 5.84. The molecular weight excluding hydrogens is 208 g/mol. The Bertz CT molecular complexity index is 268. The van der Waals surface area contributed by atoms with E-state index in [9.17, 15) is 4.79 Å². The Morgan fingerprint density at radius 2 is 2.12 bits per heavy atom. The van der Waals surface area contributed by atoms with Crippen LogP contribution in [-0.2, 0) is 19.0 Å². The molecule has 0 saturated carbocycles. The third kappa shape index (κ3) is 1.64. The summed E-state index contributed by atoms with van der Waals surface area (Å²) in [5.41, 5.74) is -0.985. The zero-order chi connectivity index (χ0) is 11.6. The normalized spacial score (nSPS) is 38.1. The SMILES string of the molecule is CCOC(=O)C1(CC)OC12CCCOCC2. The summed E-state index contributed by atoms with van der Waals surface area (Å²) >= 11 is 0. The molecule has 4 heteroatoms. The van der Waals surface area contributed by atoms with Crippen molar-refractivity contribution < 1.29 is 19.0 Å². The molecule has 2 unspecified atom stereocenters. The van der Waals surface area contributed by atoms with E-state index in [1.54, 1.807) is 0 Å². The molecule has 2 aliphatic heterocycles. The molecule has 0 N–H and O–H groups in total. The zero-order valence-corrected chi connectivity index (χ0v) is 10.1. The van der Waals surface area contributed by atoms with Crippen molar-refractivity contribution in [1.82, 2.24) is 0 Å². The number of carbonyl (C=O) groups excluding carboxylic acids is 1. The van der Waals surface area contributed by atoms with Crippen molar-refractivity contribution in [1.29, 1.82) is 0 Å². The fourth-order valence-electron chi connectivity index (χ4n) is 2.75. The lowest BCUT2D eigenvalue weighted by atomic mass is 9.84. The van der Waals surface area contributed by atoms with Gasteiger partial charge in [0.15, 0.2) is 5.60 Å². The molecule has 16 heavy (non-hydrogen) atoms. The van der Waals surface area contributed by atoms with Crippen LogP contribution in [0.3, 0.4) is 0 Å². The van der Waals surface area contributed by atoms with Gasteiger partial charge in [0.2, 0.25) is 0 Å². The second-order valence-electron chi connectivity index (χ2n) is 4.46. The van der Waals surface area contributed by atoms with Crippen molar-refractivity contribution in [3.05, 3.63) is 0 Å². The zero-order valence-electron chi connectivity index (χ0n) is 10.1. The van der Waals surface area contributed by atoms with Gasteiger partial charge < -0.3 is 14.2 Å². The fraction of sp³-hybridized carbons (Fsp3) is 0.917. The van der Waals surface area contributed by atoms with Gasteiger partial charge in [0.05, 0.1) is 6.61 Å². The number of hydrogen-bond donors (Lipinski definition) is 0. The summed E-state index contributed by atoms with van der Waals surface area (Å²) < 4.78 is 16.4. The minimum absolute atomic E-state index is 0.195. The molecule has 4 nitrogen and oxygen atoms in total. The fourth-order valence-corrected chi connectivity index (χ4v) is 2.75. The quantitative estimate of drug-likeness (QED) is 0.544. The van der Waals surface area contributed by atoms with Crippen LogP contribution >= 0.6 is 0 Å². The molecule has 0 aromatic rings. The third-order valence-electron chi connectivity index (χ3n) is 3.69. The maximum Gasteiger partial charge on any atom is 0.341 e. The van der Waals surface area contributed by atoms with E-state index in [1.807, 2.05) is 13.8 Å². The van der Waals surface area contributed by atoms with Crippen molar-refractivity contribution >= 4 is 5.97 Å². The summed E-state index contributed by atoms with van der Waals surface area (Å²) in [6, 6.07) is 0. The van der Waals surface area contributed by atoms with Gasteiger partial charge in [-0.1, -0.05) is 6.92 Å². The Hall–Kier alpha value is -0.610. The average molecular weight is 228 g/mol. The Morgan fingerprint density at radius 3 is 2.81 bits per heavy atom. The van der Waals surface area contributed by atoms with Gasteiger partial charge in [-0.25, -0.2) is 4.79 Å². The van der Waals surface area contributed by atoms with Crippen LogP contribution in [0, 0.1) is 0 Å². The number of rotatable bonds is 3. The van der Waals surface area contributed by atoms with E-state index in [-0.39, 0.29) is 11.6 Å². The third-order valence-corrected chi connectivity index (χ3v) is 3.69. The summed E-state index contributed by atoms with van der Waals surface area (Å²) in [5, 5.41) is 0. The first-order valence-electron chi connectivity index (χ1n) is 6.16. The Labute approximate surface area is 96.2 Å². The summed E-state index contributed by atoms with van der Waals surface area (Å²) in [6.07, 6.45) is 3.35. The smallest absolute Gasteiger partial charge is 0.341 e. The molecule has 1 spiro atoms. The highest BCUT2D eigenvalue weighted by Crippen LogP contribution is 2.56. The monoisotopic (exact) mass is 228 g/mol. The second kappa shape index (κ2) is 4.34. The van der Waals surface area contributed by atoms with Crippen molar-refractivity contribution in [2.75, 3.05) is 19.8 Å². The first-order chi connectivity index (χ1) is 7.71. The van der Waals surface area contributed by atoms with Crippen molar-refractivity contribution in [3.8, 4) is 0 Å². The van der Waals surface area contributed by atoms with Crippen LogP contribution in [0.4, 0.5) is 0 Å². The van der Waals surface area contributed by atoms with E-state index in [1.165, 1.54) is 0 Å². The number of epoxide rings is 1. The molecule has 2 rings (SSSR count). The van der Waals surface area contributed by atoms with Gasteiger partial charge in [0.25, 0.3) is 0 Å². The van der Waals surface area contributed by atoms with Crippen molar-refractivity contribution in [2.45, 2.75) is 50.7 Å². The maximum atomic E-state index is 12.0. The van der Waals surface area contributed by atoms with Gasteiger partial charge in [-0.15, -0.1) is 0 Å². The van der Waals surface area contributed by atoms with Crippen LogP contribution in [0.15, 0.2) is 0 Å². The highest BCUT2D eigenvalue weighted by Gasteiger charge is 2.73. The van der Waals surface area contributed by atoms with Gasteiger partial charge in [-0.05, 0) is 26.2 Å². The minimum Gasteiger partial charge on any atom is -0.464 e. The molecular formula is C12H20O4. The van der Waals surface area contributed by atoms with Crippen molar-refractivity contribution in [3.63, 3.8) is 0 Å². The van der Waals surface area contributed by atoms with Gasteiger partial charge in [0, 0.05) is 19.6 Å². The van der Waals surface area contributed by atoms with Crippen LogP contribution in [0.1, 0.15) is 39.5 Å². The summed E-state index contributed by atoms with van der Waals surface area (Å²) in [5.74, 6) is -0.195. The summed E-state index contributed by atoms with van der Waals surface area (Å²) in [7, 11) is 0. The summed E-state index contributed by atoms with van der Waals surface area (Å²) in [4.78, 5) is 12.0. The molecule has 0 aromatic carbocycles. The van der Waals surface area contributed by atoms with Crippen LogP contribution in [0.25, 0.3) is 0 Å². The van der Waals surface area contributed by atoms with E-state index in [2.05, 4.69) is 0 Å². The van der Waals surface area contributed by atoms with Crippen LogP contribution < -0.4 is 0 Å². The molecule has 2 saturated heterocycles. The Morgan fingerprint density at radius 1 is 1.31 bits per heavy atom. The molecule has 0 bridgehead atoms. The molecule has 0 aromatic heterocycles. The van der Waals surface area contributed by atoms with E-state index < -0.39 is 5.60 Å². The number of esters is 1. The van der Waals surface area contributed by atoms with Gasteiger partial charge in [0.1, 0.15) is 5.60 Å². The van der Waals surface area contributed by atoms with E-state index in [4.69, 9.17) is 14.2 Å². The molecule has 0 amide bonds. The largest absolute Gasteiger partial charge is 0.464 e. The molecule has 2 fully saturated rings. The molecule has 92 valence electrons. The predicted octanol–water partition coefficient (Wildman–Crippen LogP) is 1.67. The number of hydrogen-bond acceptors (Lipinski definition) is 4. The second-order valence-corrected chi connectivity index (χ2v) is 4.46. The Balaban J connectivity index is 2.10. The standard InChI is InChI=1S/C12H20O4/c1-3-12(10(13)15-4-2)11(16-12)6-5-8-14-9-7-11/h3-9H2,1-2H3. The lowest BCUT2D eigenvalue weighted by Gasteiger charge is -2.15. The van der Waals surface area contributed by atoms with Crippen LogP contribution in [0.5, 0.6) is 0 Å². The molecule has 2 heterocycles. The average Bonchev–Trinajstić information content (AvgIpc) is 2.99. The van der Waals surface area contributed by atoms with Crippen LogP contribution in [0.2, 0.25) is 0 Å². The van der Waals surface area contributed by atoms with E-state index in [0.717, 1.165) is 25.9 Å². The number of ether oxygens (including phenoxy) is 3. The van der Waals surface area contributed by atoms with Crippen molar-refractivity contribution in [2.24, 2.45) is 0 Å². The molecule has 2 atom stereocenters. The lowest BCUT2D eigenvalue weighted by Crippen LogP contribution is -2.35. The van der Waals surface area contributed by atoms with Gasteiger partial charge >= 0.3 is 5.97 Å². The first-order valence-corrected chi connectivity index (χ1v) is 6.16. The maximum absolute atomic E-state index is 12.0. The number of carbonyl (C=O) groups is 1.